The molecule has 1 aliphatic carbocycles. The molecule has 7 heteroatoms. The van der Waals surface area contributed by atoms with Gasteiger partial charge in [-0.05, 0) is 37.8 Å². The van der Waals surface area contributed by atoms with Crippen molar-refractivity contribution in [3.8, 4) is 0 Å². The predicted molar refractivity (Wildman–Crippen MR) is 87.3 cm³/mol. The number of fused-ring (bicyclic) bond motifs is 1. The minimum Gasteiger partial charge on any atom is -0.389 e. The number of carbonyl (C=O) groups is 2. The Morgan fingerprint density at radius 2 is 2.25 bits per heavy atom. The summed E-state index contributed by atoms with van der Waals surface area (Å²) in [6, 6.07) is 4.18. The normalized spacial score (nSPS) is 25.7. The summed E-state index contributed by atoms with van der Waals surface area (Å²) in [6.45, 7) is 1.03. The van der Waals surface area contributed by atoms with Gasteiger partial charge in [-0.25, -0.2) is 0 Å². The molecule has 0 bridgehead atoms. The smallest absolute Gasteiger partial charge is 0.269 e. The maximum atomic E-state index is 12.4. The summed E-state index contributed by atoms with van der Waals surface area (Å²) < 4.78 is 0. The Hall–Kier alpha value is -2.31. The fourth-order valence-electron chi connectivity index (χ4n) is 3.48. The average molecular weight is 330 g/mol. The van der Waals surface area contributed by atoms with E-state index in [-0.39, 0.29) is 29.9 Å². The van der Waals surface area contributed by atoms with E-state index in [0.717, 1.165) is 18.5 Å². The first-order valence-corrected chi connectivity index (χ1v) is 8.65. The zero-order valence-electron chi connectivity index (χ0n) is 13.5. The van der Waals surface area contributed by atoms with Crippen LogP contribution in [0.2, 0.25) is 0 Å². The lowest BCUT2D eigenvalue weighted by Gasteiger charge is -2.26. The maximum Gasteiger partial charge on any atom is 0.269 e. The molecule has 3 aliphatic rings. The number of aromatic amines is 1. The van der Waals surface area contributed by atoms with Crippen molar-refractivity contribution >= 4 is 17.5 Å². The van der Waals surface area contributed by atoms with Crippen LogP contribution in [-0.2, 0) is 20.8 Å². The molecule has 1 aromatic rings. The molecule has 3 heterocycles. The summed E-state index contributed by atoms with van der Waals surface area (Å²) in [5.41, 5.74) is 1.51. The van der Waals surface area contributed by atoms with Crippen LogP contribution in [0.15, 0.2) is 23.5 Å². The summed E-state index contributed by atoms with van der Waals surface area (Å²) in [5, 5.41) is 6.98. The number of likely N-dealkylation sites (tertiary alicyclic amines) is 1. The van der Waals surface area contributed by atoms with Crippen LogP contribution in [0, 0.1) is 5.92 Å². The molecule has 2 aliphatic heterocycles. The first-order chi connectivity index (χ1) is 11.7. The van der Waals surface area contributed by atoms with Gasteiger partial charge in [-0.1, -0.05) is 5.16 Å². The van der Waals surface area contributed by atoms with E-state index in [9.17, 15) is 9.59 Å². The highest BCUT2D eigenvalue weighted by Gasteiger charge is 2.46. The number of rotatable bonds is 5. The quantitative estimate of drug-likeness (QED) is 0.838. The zero-order valence-corrected chi connectivity index (χ0v) is 13.5. The molecule has 2 fully saturated rings. The monoisotopic (exact) mass is 330 g/mol. The summed E-state index contributed by atoms with van der Waals surface area (Å²) in [6.07, 6.45) is 6.08. The third-order valence-corrected chi connectivity index (χ3v) is 5.20. The van der Waals surface area contributed by atoms with Gasteiger partial charge in [-0.2, -0.15) is 0 Å². The highest BCUT2D eigenvalue weighted by molar-refractivity contribution is 6.40. The third kappa shape index (κ3) is 2.90. The van der Waals surface area contributed by atoms with Gasteiger partial charge >= 0.3 is 0 Å². The molecule has 1 saturated carbocycles. The van der Waals surface area contributed by atoms with Crippen molar-refractivity contribution in [2.75, 3.05) is 13.1 Å². The first kappa shape index (κ1) is 15.2. The number of aryl methyl sites for hydroxylation is 1. The number of aromatic nitrogens is 1. The van der Waals surface area contributed by atoms with E-state index in [1.165, 1.54) is 6.42 Å². The van der Waals surface area contributed by atoms with E-state index in [2.05, 4.69) is 15.5 Å². The van der Waals surface area contributed by atoms with Gasteiger partial charge in [0.05, 0.1) is 12.5 Å². The minimum atomic E-state index is -0.179. The van der Waals surface area contributed by atoms with Crippen LogP contribution in [0.3, 0.4) is 0 Å². The number of nitrogens with one attached hydrogen (secondary N) is 2. The Morgan fingerprint density at radius 3 is 2.96 bits per heavy atom. The standard InChI is InChI=1S/C17H22N4O3/c22-15(7-6-11-5-2-8-18-11)21-9-13-14(10-21)24-20-16(13)17(23)19-12-3-1-4-12/h2,5,8,12-14,18H,1,3-4,6-7,9-10H2,(H,19,23)/t13-,14+/m0/s1. The highest BCUT2D eigenvalue weighted by Crippen LogP contribution is 2.28. The van der Waals surface area contributed by atoms with Gasteiger partial charge in [0, 0.05) is 30.9 Å². The molecule has 7 nitrogen and oxygen atoms in total. The number of nitrogens with zero attached hydrogens (tertiary/aromatic N) is 2. The second-order valence-electron chi connectivity index (χ2n) is 6.82. The fourth-order valence-corrected chi connectivity index (χ4v) is 3.48. The van der Waals surface area contributed by atoms with Crippen molar-refractivity contribution < 1.29 is 14.4 Å². The lowest BCUT2D eigenvalue weighted by atomic mass is 9.92. The Morgan fingerprint density at radius 1 is 1.38 bits per heavy atom. The van der Waals surface area contributed by atoms with Crippen LogP contribution in [0.25, 0.3) is 0 Å². The van der Waals surface area contributed by atoms with Crippen LogP contribution in [-0.4, -0.2) is 52.6 Å². The van der Waals surface area contributed by atoms with Gasteiger partial charge in [0.1, 0.15) is 0 Å². The van der Waals surface area contributed by atoms with Gasteiger partial charge in [0.15, 0.2) is 11.8 Å². The number of oxime groups is 1. The minimum absolute atomic E-state index is 0.0977. The van der Waals surface area contributed by atoms with Crippen molar-refractivity contribution in [3.63, 3.8) is 0 Å². The highest BCUT2D eigenvalue weighted by atomic mass is 16.6. The Labute approximate surface area is 140 Å². The summed E-state index contributed by atoms with van der Waals surface area (Å²) >= 11 is 0. The molecule has 2 atom stereocenters. The largest absolute Gasteiger partial charge is 0.389 e. The van der Waals surface area contributed by atoms with Crippen molar-refractivity contribution in [2.45, 2.75) is 44.2 Å². The zero-order chi connectivity index (χ0) is 16.5. The van der Waals surface area contributed by atoms with Crippen molar-refractivity contribution in [3.05, 3.63) is 24.0 Å². The number of hydrogen-bond acceptors (Lipinski definition) is 4. The van der Waals surface area contributed by atoms with Crippen LogP contribution < -0.4 is 5.32 Å². The topological polar surface area (TPSA) is 86.8 Å². The van der Waals surface area contributed by atoms with Gasteiger partial charge in [-0.15, -0.1) is 0 Å². The molecule has 0 radical (unpaired) electrons. The number of amides is 2. The average Bonchev–Trinajstić information content (AvgIpc) is 3.23. The van der Waals surface area contributed by atoms with Crippen LogP contribution in [0.1, 0.15) is 31.4 Å². The lowest BCUT2D eigenvalue weighted by molar-refractivity contribution is -0.130. The molecule has 128 valence electrons. The molecule has 0 aromatic carbocycles. The molecule has 0 spiro atoms. The Bertz CT molecular complexity index is 651. The molecule has 4 rings (SSSR count). The molecule has 24 heavy (non-hydrogen) atoms. The summed E-state index contributed by atoms with van der Waals surface area (Å²) in [4.78, 5) is 35.0. The summed E-state index contributed by atoms with van der Waals surface area (Å²) in [5.74, 6) is -0.131. The van der Waals surface area contributed by atoms with Gasteiger partial charge in [0.25, 0.3) is 5.91 Å². The van der Waals surface area contributed by atoms with Gasteiger partial charge < -0.3 is 20.0 Å². The molecule has 2 N–H and O–H groups in total. The van der Waals surface area contributed by atoms with E-state index in [0.29, 0.717) is 31.6 Å². The van der Waals surface area contributed by atoms with E-state index in [1.807, 2.05) is 18.3 Å². The molecular formula is C17H22N4O3. The van der Waals surface area contributed by atoms with Crippen molar-refractivity contribution in [1.82, 2.24) is 15.2 Å². The molecular weight excluding hydrogens is 308 g/mol. The third-order valence-electron chi connectivity index (χ3n) is 5.20. The van der Waals surface area contributed by atoms with Gasteiger partial charge in [0.2, 0.25) is 5.91 Å². The Kier molecular flexibility index (Phi) is 4.00. The molecule has 0 unspecified atom stereocenters. The van der Waals surface area contributed by atoms with E-state index < -0.39 is 0 Å². The molecule has 1 aromatic heterocycles. The number of hydrogen-bond donors (Lipinski definition) is 2. The number of carbonyl (C=O) groups excluding carboxylic acids is 2. The van der Waals surface area contributed by atoms with Crippen molar-refractivity contribution in [1.29, 1.82) is 0 Å². The number of H-pyrrole nitrogens is 1. The molecule has 1 saturated heterocycles. The SMILES string of the molecule is O=C(NC1CCC1)C1=NO[C@@H]2CN(C(=O)CCc3ccc[nH]3)C[C@H]12. The van der Waals surface area contributed by atoms with E-state index >= 15 is 0 Å². The second-order valence-corrected chi connectivity index (χ2v) is 6.82. The van der Waals surface area contributed by atoms with Crippen LogP contribution in [0.5, 0.6) is 0 Å². The van der Waals surface area contributed by atoms with Gasteiger partial charge in [-0.3, -0.25) is 9.59 Å². The van der Waals surface area contributed by atoms with Crippen molar-refractivity contribution in [2.24, 2.45) is 11.1 Å². The predicted octanol–water partition coefficient (Wildman–Crippen LogP) is 0.829. The second kappa shape index (κ2) is 6.30. The van der Waals surface area contributed by atoms with Crippen LogP contribution in [0.4, 0.5) is 0 Å². The lowest BCUT2D eigenvalue weighted by Crippen LogP contribution is -2.45. The Balaban J connectivity index is 1.31. The van der Waals surface area contributed by atoms with E-state index in [4.69, 9.17) is 4.84 Å². The molecule has 2 amide bonds. The fraction of sp³-hybridized carbons (Fsp3) is 0.588. The first-order valence-electron chi connectivity index (χ1n) is 8.65. The van der Waals surface area contributed by atoms with Crippen LogP contribution >= 0.6 is 0 Å². The van der Waals surface area contributed by atoms with E-state index in [1.54, 1.807) is 4.90 Å². The summed E-state index contributed by atoms with van der Waals surface area (Å²) in [7, 11) is 0. The maximum absolute atomic E-state index is 12.4.